The molecule has 0 bridgehead atoms. The molecule has 0 aliphatic rings. The van der Waals surface area contributed by atoms with Crippen LogP contribution in [-0.4, -0.2) is 35.8 Å². The van der Waals surface area contributed by atoms with E-state index in [2.05, 4.69) is 0 Å². The van der Waals surface area contributed by atoms with Gasteiger partial charge in [-0.15, -0.1) is 0 Å². The van der Waals surface area contributed by atoms with Crippen LogP contribution in [0.4, 0.5) is 0 Å². The van der Waals surface area contributed by atoms with E-state index in [1.54, 1.807) is 31.4 Å². The molecule has 4 nitrogen and oxygen atoms in total. The number of ketones is 1. The fourth-order valence-electron chi connectivity index (χ4n) is 2.80. The maximum Gasteiger partial charge on any atom is 0.226 e. The van der Waals surface area contributed by atoms with Crippen molar-refractivity contribution < 1.29 is 14.3 Å². The topological polar surface area (TPSA) is 46.6 Å². The van der Waals surface area contributed by atoms with Gasteiger partial charge in [-0.25, -0.2) is 0 Å². The normalized spacial score (nSPS) is 13.8. The number of rotatable bonds is 7. The van der Waals surface area contributed by atoms with Crippen LogP contribution >= 0.6 is 0 Å². The summed E-state index contributed by atoms with van der Waals surface area (Å²) < 4.78 is 5.11. The number of nitrogens with zero attached hydrogens (tertiary/aromatic N) is 1. The zero-order valence-corrected chi connectivity index (χ0v) is 15.3. The highest BCUT2D eigenvalue weighted by atomic mass is 16.5. The molecule has 1 aromatic carbocycles. The molecule has 0 aliphatic carbocycles. The minimum absolute atomic E-state index is 0.0130. The highest BCUT2D eigenvalue weighted by Gasteiger charge is 2.32. The first kappa shape index (κ1) is 19.2. The maximum atomic E-state index is 12.8. The molecule has 0 aromatic heterocycles. The molecule has 0 unspecified atom stereocenters. The van der Waals surface area contributed by atoms with Crippen LogP contribution in [0.2, 0.25) is 0 Å². The molecule has 0 N–H and O–H groups in total. The lowest BCUT2D eigenvalue weighted by Gasteiger charge is -2.34. The van der Waals surface area contributed by atoms with Crippen molar-refractivity contribution in [3.05, 3.63) is 29.8 Å². The van der Waals surface area contributed by atoms with Crippen LogP contribution in [0.3, 0.4) is 0 Å². The number of methoxy groups -OCH3 is 1. The lowest BCUT2D eigenvalue weighted by Crippen LogP contribution is -2.46. The quantitative estimate of drug-likeness (QED) is 0.718. The second-order valence-corrected chi connectivity index (χ2v) is 6.60. The molecule has 4 heteroatoms. The van der Waals surface area contributed by atoms with E-state index in [9.17, 15) is 9.59 Å². The van der Waals surface area contributed by atoms with Crippen LogP contribution in [0.15, 0.2) is 24.3 Å². The van der Waals surface area contributed by atoms with Crippen molar-refractivity contribution in [1.82, 2.24) is 4.90 Å². The Kier molecular flexibility index (Phi) is 6.79. The number of benzene rings is 1. The zero-order chi connectivity index (χ0) is 17.7. The van der Waals surface area contributed by atoms with Gasteiger partial charge >= 0.3 is 0 Å². The van der Waals surface area contributed by atoms with Crippen molar-refractivity contribution >= 4 is 11.7 Å². The Morgan fingerprint density at radius 1 is 0.870 bits per heavy atom. The molecule has 2 atom stereocenters. The lowest BCUT2D eigenvalue weighted by atomic mass is 9.87. The Labute approximate surface area is 139 Å². The predicted molar refractivity (Wildman–Crippen MR) is 92.8 cm³/mol. The predicted octanol–water partition coefficient (Wildman–Crippen LogP) is 3.80. The summed E-state index contributed by atoms with van der Waals surface area (Å²) in [6.45, 7) is 11.7. The Balaban J connectivity index is 2.91. The van der Waals surface area contributed by atoms with Crippen molar-refractivity contribution in [2.75, 3.05) is 7.11 Å². The zero-order valence-electron chi connectivity index (χ0n) is 15.3. The van der Waals surface area contributed by atoms with Gasteiger partial charge in [-0.05, 0) is 52.0 Å². The monoisotopic (exact) mass is 319 g/mol. The smallest absolute Gasteiger partial charge is 0.226 e. The largest absolute Gasteiger partial charge is 0.497 e. The maximum absolute atomic E-state index is 12.8. The van der Waals surface area contributed by atoms with E-state index in [0.717, 1.165) is 0 Å². The molecule has 0 heterocycles. The number of carbonyl (C=O) groups is 2. The Hall–Kier alpha value is -1.84. The SMILES string of the molecule is COc1ccc(C(=O)[C@@H](C)[C@H](C)C(=O)N(C(C)C)C(C)C)cc1. The molecular weight excluding hydrogens is 290 g/mol. The number of hydrogen-bond donors (Lipinski definition) is 0. The van der Waals surface area contributed by atoms with Gasteiger partial charge < -0.3 is 9.64 Å². The van der Waals surface area contributed by atoms with Gasteiger partial charge in [0.2, 0.25) is 5.91 Å². The van der Waals surface area contributed by atoms with Crippen LogP contribution in [0.1, 0.15) is 51.9 Å². The highest BCUT2D eigenvalue weighted by molar-refractivity contribution is 6.00. The first-order valence-corrected chi connectivity index (χ1v) is 8.21. The van der Waals surface area contributed by atoms with Crippen LogP contribution in [-0.2, 0) is 4.79 Å². The van der Waals surface area contributed by atoms with Gasteiger partial charge in [0.25, 0.3) is 0 Å². The number of Topliss-reactive ketones (excluding diaryl/α,β-unsaturated/α-hetero) is 1. The summed E-state index contributed by atoms with van der Waals surface area (Å²) >= 11 is 0. The molecule has 0 spiro atoms. The summed E-state index contributed by atoms with van der Waals surface area (Å²) in [4.78, 5) is 27.2. The van der Waals surface area contributed by atoms with E-state index in [4.69, 9.17) is 4.74 Å². The molecule has 0 saturated carbocycles. The highest BCUT2D eigenvalue weighted by Crippen LogP contribution is 2.23. The number of ether oxygens (including phenoxy) is 1. The van der Waals surface area contributed by atoms with Gasteiger partial charge in [-0.1, -0.05) is 13.8 Å². The minimum Gasteiger partial charge on any atom is -0.497 e. The van der Waals surface area contributed by atoms with Gasteiger partial charge in [0.15, 0.2) is 5.78 Å². The third-order valence-electron chi connectivity index (χ3n) is 4.29. The Bertz CT molecular complexity index is 526. The van der Waals surface area contributed by atoms with E-state index >= 15 is 0 Å². The summed E-state index contributed by atoms with van der Waals surface area (Å²) in [5.41, 5.74) is 0.610. The van der Waals surface area contributed by atoms with Crippen molar-refractivity contribution in [3.8, 4) is 5.75 Å². The fraction of sp³-hybridized carbons (Fsp3) is 0.579. The third-order valence-corrected chi connectivity index (χ3v) is 4.29. The summed E-state index contributed by atoms with van der Waals surface area (Å²) in [5.74, 6) is 0.0137. The van der Waals surface area contributed by atoms with Crippen LogP contribution in [0, 0.1) is 11.8 Å². The van der Waals surface area contributed by atoms with Crippen molar-refractivity contribution in [2.24, 2.45) is 11.8 Å². The average molecular weight is 319 g/mol. The van der Waals surface area contributed by atoms with E-state index in [1.165, 1.54) is 0 Å². The molecule has 0 aliphatic heterocycles. The van der Waals surface area contributed by atoms with Crippen molar-refractivity contribution in [3.63, 3.8) is 0 Å². The van der Waals surface area contributed by atoms with E-state index < -0.39 is 0 Å². The first-order chi connectivity index (χ1) is 10.7. The Morgan fingerprint density at radius 3 is 1.74 bits per heavy atom. The van der Waals surface area contributed by atoms with Gasteiger partial charge in [-0.2, -0.15) is 0 Å². The van der Waals surface area contributed by atoms with Gasteiger partial charge in [0, 0.05) is 29.5 Å². The van der Waals surface area contributed by atoms with Crippen LogP contribution in [0.5, 0.6) is 5.75 Å². The van der Waals surface area contributed by atoms with E-state index in [0.29, 0.717) is 11.3 Å². The summed E-state index contributed by atoms with van der Waals surface area (Å²) in [6, 6.07) is 7.26. The number of hydrogen-bond acceptors (Lipinski definition) is 3. The average Bonchev–Trinajstić information content (AvgIpc) is 2.52. The molecule has 0 saturated heterocycles. The van der Waals surface area contributed by atoms with Crippen LogP contribution < -0.4 is 4.74 Å². The van der Waals surface area contributed by atoms with Gasteiger partial charge in [0.05, 0.1) is 7.11 Å². The van der Waals surface area contributed by atoms with Gasteiger partial charge in [-0.3, -0.25) is 9.59 Å². The van der Waals surface area contributed by atoms with Gasteiger partial charge in [0.1, 0.15) is 5.75 Å². The Morgan fingerprint density at radius 2 is 1.35 bits per heavy atom. The van der Waals surface area contributed by atoms with E-state index in [-0.39, 0.29) is 35.6 Å². The van der Waals surface area contributed by atoms with E-state index in [1.807, 2.05) is 46.4 Å². The number of amides is 1. The molecule has 0 fully saturated rings. The second kappa shape index (κ2) is 8.14. The van der Waals surface area contributed by atoms with Crippen LogP contribution in [0.25, 0.3) is 0 Å². The van der Waals surface area contributed by atoms with Crippen molar-refractivity contribution in [2.45, 2.75) is 53.6 Å². The fourth-order valence-corrected chi connectivity index (χ4v) is 2.80. The van der Waals surface area contributed by atoms with Crippen molar-refractivity contribution in [1.29, 1.82) is 0 Å². The minimum atomic E-state index is -0.365. The third kappa shape index (κ3) is 4.57. The molecule has 1 amide bonds. The second-order valence-electron chi connectivity index (χ2n) is 6.60. The summed E-state index contributed by atoms with van der Waals surface area (Å²) in [5, 5.41) is 0. The summed E-state index contributed by atoms with van der Waals surface area (Å²) in [7, 11) is 1.59. The molecule has 128 valence electrons. The molecule has 23 heavy (non-hydrogen) atoms. The molecule has 1 rings (SSSR count). The lowest BCUT2D eigenvalue weighted by molar-refractivity contribution is -0.139. The summed E-state index contributed by atoms with van der Waals surface area (Å²) in [6.07, 6.45) is 0. The molecule has 1 aromatic rings. The standard InChI is InChI=1S/C19H29NO3/c1-12(2)20(13(3)4)19(22)15(6)14(5)18(21)16-8-10-17(23-7)11-9-16/h8-15H,1-7H3/t14-,15-/m0/s1. The number of carbonyl (C=O) groups excluding carboxylic acids is 2. The molecule has 0 radical (unpaired) electrons. The first-order valence-electron chi connectivity index (χ1n) is 8.21. The molecular formula is C19H29NO3.